The van der Waals surface area contributed by atoms with Crippen molar-refractivity contribution in [3.05, 3.63) is 30.0 Å². The van der Waals surface area contributed by atoms with Crippen LogP contribution in [0.2, 0.25) is 0 Å². The van der Waals surface area contributed by atoms with Crippen LogP contribution in [0.3, 0.4) is 0 Å². The van der Waals surface area contributed by atoms with Crippen LogP contribution in [0.1, 0.15) is 23.9 Å². The SMILES string of the molecule is CCCS(=O)(=O)N1CCN(C(=O)c2cc3cc(S(=O)(=O)NC)ccc3o2)CC1. The van der Waals surface area contributed by atoms with Gasteiger partial charge in [-0.05, 0) is 37.7 Å². The molecule has 1 N–H and O–H groups in total. The van der Waals surface area contributed by atoms with Gasteiger partial charge in [-0.25, -0.2) is 21.6 Å². The van der Waals surface area contributed by atoms with Crippen molar-refractivity contribution in [3.63, 3.8) is 0 Å². The molecule has 1 aliphatic rings. The number of carbonyl (C=O) groups excluding carboxylic acids is 1. The summed E-state index contributed by atoms with van der Waals surface area (Å²) in [5.74, 6) is -0.150. The first kappa shape index (κ1) is 20.8. The summed E-state index contributed by atoms with van der Waals surface area (Å²) in [5, 5.41) is 0.504. The molecule has 9 nitrogen and oxygen atoms in total. The third kappa shape index (κ3) is 4.07. The van der Waals surface area contributed by atoms with Crippen LogP contribution in [-0.4, -0.2) is 70.9 Å². The van der Waals surface area contributed by atoms with Crippen LogP contribution in [0.5, 0.6) is 0 Å². The number of nitrogens with one attached hydrogen (secondary N) is 1. The number of sulfonamides is 2. The maximum atomic E-state index is 12.7. The minimum atomic E-state index is -3.60. The van der Waals surface area contributed by atoms with Crippen LogP contribution >= 0.6 is 0 Å². The van der Waals surface area contributed by atoms with E-state index in [1.165, 1.54) is 35.6 Å². The van der Waals surface area contributed by atoms with E-state index in [1.54, 1.807) is 4.90 Å². The van der Waals surface area contributed by atoms with Crippen molar-refractivity contribution in [1.82, 2.24) is 13.9 Å². The van der Waals surface area contributed by atoms with Crippen LogP contribution < -0.4 is 4.72 Å². The number of benzene rings is 1. The zero-order valence-corrected chi connectivity index (χ0v) is 17.3. The molecule has 0 radical (unpaired) electrons. The lowest BCUT2D eigenvalue weighted by molar-refractivity contribution is 0.0668. The number of carbonyl (C=O) groups is 1. The first-order valence-corrected chi connectivity index (χ1v) is 12.0. The molecule has 2 heterocycles. The molecule has 0 aliphatic carbocycles. The molecular formula is C17H23N3O6S2. The number of piperazine rings is 1. The summed E-state index contributed by atoms with van der Waals surface area (Å²) in [7, 11) is -5.55. The first-order valence-electron chi connectivity index (χ1n) is 8.92. The Kier molecular flexibility index (Phi) is 5.80. The van der Waals surface area contributed by atoms with Crippen LogP contribution in [-0.2, 0) is 20.0 Å². The second-order valence-electron chi connectivity index (χ2n) is 6.53. The van der Waals surface area contributed by atoms with E-state index in [-0.39, 0.29) is 48.5 Å². The highest BCUT2D eigenvalue weighted by atomic mass is 32.2. The van der Waals surface area contributed by atoms with E-state index < -0.39 is 20.0 Å². The van der Waals surface area contributed by atoms with Gasteiger partial charge >= 0.3 is 0 Å². The summed E-state index contributed by atoms with van der Waals surface area (Å²) < 4.78 is 57.3. The fourth-order valence-electron chi connectivity index (χ4n) is 3.12. The third-order valence-corrected chi connectivity index (χ3v) is 8.15. The van der Waals surface area contributed by atoms with Gasteiger partial charge in [-0.1, -0.05) is 6.92 Å². The Hall–Kier alpha value is -1.95. The molecule has 11 heteroatoms. The lowest BCUT2D eigenvalue weighted by Gasteiger charge is -2.33. The van der Waals surface area contributed by atoms with Gasteiger partial charge in [-0.3, -0.25) is 4.79 Å². The topological polar surface area (TPSA) is 117 Å². The zero-order valence-electron chi connectivity index (χ0n) is 15.7. The lowest BCUT2D eigenvalue weighted by Crippen LogP contribution is -2.50. The predicted octanol–water partition coefficient (Wildman–Crippen LogP) is 0.839. The summed E-state index contributed by atoms with van der Waals surface area (Å²) in [5.41, 5.74) is 0.405. The Morgan fingerprint density at radius 1 is 1.11 bits per heavy atom. The largest absolute Gasteiger partial charge is 0.451 e. The normalized spacial score (nSPS) is 16.6. The van der Waals surface area contributed by atoms with Crippen LogP contribution in [0.15, 0.2) is 33.6 Å². The van der Waals surface area contributed by atoms with Crippen molar-refractivity contribution < 1.29 is 26.0 Å². The molecule has 1 aromatic heterocycles. The Morgan fingerprint density at radius 3 is 2.39 bits per heavy atom. The number of furan rings is 1. The van der Waals surface area contributed by atoms with Gasteiger partial charge in [0.15, 0.2) is 5.76 Å². The van der Waals surface area contributed by atoms with E-state index in [0.717, 1.165) is 0 Å². The van der Waals surface area contributed by atoms with Crippen molar-refractivity contribution in [3.8, 4) is 0 Å². The van der Waals surface area contributed by atoms with Crippen LogP contribution in [0.4, 0.5) is 0 Å². The average molecular weight is 430 g/mol. The van der Waals surface area contributed by atoms with Gasteiger partial charge < -0.3 is 9.32 Å². The molecule has 3 rings (SSSR count). The van der Waals surface area contributed by atoms with Crippen LogP contribution in [0, 0.1) is 0 Å². The number of fused-ring (bicyclic) bond motifs is 1. The molecule has 0 bridgehead atoms. The molecule has 1 saturated heterocycles. The zero-order chi connectivity index (χ0) is 20.5. The first-order chi connectivity index (χ1) is 13.2. The fraction of sp³-hybridized carbons (Fsp3) is 0.471. The van der Waals surface area contributed by atoms with E-state index in [1.807, 2.05) is 6.92 Å². The van der Waals surface area contributed by atoms with Gasteiger partial charge in [0.05, 0.1) is 10.6 Å². The lowest BCUT2D eigenvalue weighted by atomic mass is 10.2. The monoisotopic (exact) mass is 429 g/mol. The van der Waals surface area contributed by atoms with Crippen molar-refractivity contribution in [1.29, 1.82) is 0 Å². The van der Waals surface area contributed by atoms with Crippen molar-refractivity contribution in [2.75, 3.05) is 39.0 Å². The molecule has 0 spiro atoms. The minimum Gasteiger partial charge on any atom is -0.451 e. The van der Waals surface area contributed by atoms with E-state index in [0.29, 0.717) is 17.4 Å². The highest BCUT2D eigenvalue weighted by Crippen LogP contribution is 2.24. The smallest absolute Gasteiger partial charge is 0.289 e. The molecule has 1 fully saturated rings. The maximum Gasteiger partial charge on any atom is 0.289 e. The van der Waals surface area contributed by atoms with Gasteiger partial charge in [-0.15, -0.1) is 0 Å². The Labute approximate surface area is 164 Å². The third-order valence-electron chi connectivity index (χ3n) is 4.66. The Balaban J connectivity index is 1.76. The average Bonchev–Trinajstić information content (AvgIpc) is 3.10. The number of hydrogen-bond donors (Lipinski definition) is 1. The van der Waals surface area contributed by atoms with Crippen molar-refractivity contribution >= 4 is 36.9 Å². The summed E-state index contributed by atoms with van der Waals surface area (Å²) in [6.07, 6.45) is 0.547. The molecule has 1 aliphatic heterocycles. The maximum absolute atomic E-state index is 12.7. The second-order valence-corrected chi connectivity index (χ2v) is 10.5. The van der Waals surface area contributed by atoms with Gasteiger partial charge in [-0.2, -0.15) is 4.31 Å². The van der Waals surface area contributed by atoms with Gasteiger partial charge in [0.1, 0.15) is 5.58 Å². The number of nitrogens with zero attached hydrogens (tertiary/aromatic N) is 2. The molecule has 2 aromatic rings. The summed E-state index contributed by atoms with van der Waals surface area (Å²) in [6.45, 7) is 2.86. The van der Waals surface area contributed by atoms with Crippen molar-refractivity contribution in [2.45, 2.75) is 18.2 Å². The van der Waals surface area contributed by atoms with Gasteiger partial charge in [0, 0.05) is 31.6 Å². The summed E-state index contributed by atoms with van der Waals surface area (Å²) in [6, 6.07) is 5.86. The predicted molar refractivity (Wildman–Crippen MR) is 104 cm³/mol. The van der Waals surface area contributed by atoms with Gasteiger partial charge in [0.25, 0.3) is 5.91 Å². The molecule has 1 aromatic carbocycles. The number of hydrogen-bond acceptors (Lipinski definition) is 6. The second kappa shape index (κ2) is 7.82. The minimum absolute atomic E-state index is 0.0806. The number of amides is 1. The van der Waals surface area contributed by atoms with Crippen molar-refractivity contribution in [2.24, 2.45) is 0 Å². The standard InChI is InChI=1S/C17H23N3O6S2/c1-3-10-27(22,23)20-8-6-19(7-9-20)17(21)16-12-13-11-14(28(24,25)18-2)4-5-15(13)26-16/h4-5,11-12,18H,3,6-10H2,1-2H3. The van der Waals surface area contributed by atoms with E-state index in [9.17, 15) is 21.6 Å². The molecule has 0 unspecified atom stereocenters. The Morgan fingerprint density at radius 2 is 1.79 bits per heavy atom. The van der Waals surface area contributed by atoms with Gasteiger partial charge in [0.2, 0.25) is 20.0 Å². The highest BCUT2D eigenvalue weighted by Gasteiger charge is 2.30. The van der Waals surface area contributed by atoms with E-state index in [2.05, 4.69) is 4.72 Å². The Bertz CT molecular complexity index is 1080. The summed E-state index contributed by atoms with van der Waals surface area (Å²) in [4.78, 5) is 14.3. The molecule has 1 amide bonds. The van der Waals surface area contributed by atoms with E-state index >= 15 is 0 Å². The quantitative estimate of drug-likeness (QED) is 0.727. The van der Waals surface area contributed by atoms with Crippen LogP contribution in [0.25, 0.3) is 11.0 Å². The number of rotatable bonds is 6. The molecule has 0 atom stereocenters. The molecular weight excluding hydrogens is 406 g/mol. The summed E-state index contributed by atoms with van der Waals surface area (Å²) >= 11 is 0. The highest BCUT2D eigenvalue weighted by molar-refractivity contribution is 7.89. The molecule has 0 saturated carbocycles. The molecule has 154 valence electrons. The fourth-order valence-corrected chi connectivity index (χ4v) is 5.38. The van der Waals surface area contributed by atoms with E-state index in [4.69, 9.17) is 4.42 Å². The molecule has 28 heavy (non-hydrogen) atoms.